The van der Waals surface area contributed by atoms with Gasteiger partial charge in [-0.15, -0.1) is 0 Å². The van der Waals surface area contributed by atoms with Crippen LogP contribution in [-0.2, 0) is 11.3 Å². The van der Waals surface area contributed by atoms with Crippen molar-refractivity contribution in [3.63, 3.8) is 0 Å². The molecule has 0 aliphatic carbocycles. The predicted octanol–water partition coefficient (Wildman–Crippen LogP) is 4.12. The summed E-state index contributed by atoms with van der Waals surface area (Å²) >= 11 is 0. The molecule has 1 atom stereocenters. The van der Waals surface area contributed by atoms with E-state index in [1.165, 1.54) is 0 Å². The van der Waals surface area contributed by atoms with Crippen LogP contribution in [0, 0.1) is 6.92 Å². The van der Waals surface area contributed by atoms with E-state index in [1.807, 2.05) is 55.6 Å². The molecule has 2 aromatic heterocycles. The average Bonchev–Trinajstić information content (AvgIpc) is 2.81. The Bertz CT molecular complexity index is 988. The Kier molecular flexibility index (Phi) is 6.64. The second kappa shape index (κ2) is 9.76. The SMILES string of the molecule is COc1cccc(OC)c1CN1CCO[C@H](c2ccc(Nc3ncccc3C)cn2)C1. The van der Waals surface area contributed by atoms with E-state index in [2.05, 4.69) is 20.2 Å². The Hall–Kier alpha value is -3.16. The Morgan fingerprint density at radius 2 is 1.87 bits per heavy atom. The third kappa shape index (κ3) is 4.95. The maximum absolute atomic E-state index is 6.02. The van der Waals surface area contributed by atoms with Crippen LogP contribution < -0.4 is 14.8 Å². The van der Waals surface area contributed by atoms with E-state index in [0.29, 0.717) is 6.61 Å². The summed E-state index contributed by atoms with van der Waals surface area (Å²) in [4.78, 5) is 11.4. The smallest absolute Gasteiger partial charge is 0.133 e. The molecule has 0 amide bonds. The Morgan fingerprint density at radius 1 is 1.06 bits per heavy atom. The van der Waals surface area contributed by atoms with Crippen LogP contribution in [0.4, 0.5) is 11.5 Å². The van der Waals surface area contributed by atoms with Gasteiger partial charge in [0.1, 0.15) is 23.4 Å². The van der Waals surface area contributed by atoms with Crippen molar-refractivity contribution in [1.82, 2.24) is 14.9 Å². The first-order valence-electron chi connectivity index (χ1n) is 10.4. The third-order valence-electron chi connectivity index (χ3n) is 5.45. The van der Waals surface area contributed by atoms with E-state index in [4.69, 9.17) is 14.2 Å². The molecule has 0 bridgehead atoms. The summed E-state index contributed by atoms with van der Waals surface area (Å²) in [5.74, 6) is 2.50. The number of hydrogen-bond acceptors (Lipinski definition) is 7. The van der Waals surface area contributed by atoms with Crippen molar-refractivity contribution >= 4 is 11.5 Å². The first-order chi connectivity index (χ1) is 15.2. The number of anilines is 2. The van der Waals surface area contributed by atoms with Gasteiger partial charge in [0.05, 0.1) is 44.0 Å². The van der Waals surface area contributed by atoms with Crippen LogP contribution in [0.3, 0.4) is 0 Å². The van der Waals surface area contributed by atoms with E-state index in [0.717, 1.165) is 59.5 Å². The fourth-order valence-corrected chi connectivity index (χ4v) is 3.76. The zero-order valence-electron chi connectivity index (χ0n) is 18.2. The molecular formula is C24H28N4O3. The zero-order chi connectivity index (χ0) is 21.6. The Morgan fingerprint density at radius 3 is 2.55 bits per heavy atom. The minimum absolute atomic E-state index is 0.0833. The minimum atomic E-state index is -0.0833. The molecule has 1 aromatic carbocycles. The molecule has 1 aliphatic heterocycles. The molecule has 0 radical (unpaired) electrons. The highest BCUT2D eigenvalue weighted by molar-refractivity contribution is 5.57. The topological polar surface area (TPSA) is 68.7 Å². The van der Waals surface area contributed by atoms with Gasteiger partial charge >= 0.3 is 0 Å². The van der Waals surface area contributed by atoms with Crippen molar-refractivity contribution in [1.29, 1.82) is 0 Å². The molecular weight excluding hydrogens is 392 g/mol. The molecule has 1 N–H and O–H groups in total. The van der Waals surface area contributed by atoms with Crippen LogP contribution >= 0.6 is 0 Å². The maximum atomic E-state index is 6.02. The van der Waals surface area contributed by atoms with Crippen LogP contribution in [0.2, 0.25) is 0 Å². The van der Waals surface area contributed by atoms with Crippen molar-refractivity contribution in [3.05, 3.63) is 71.7 Å². The van der Waals surface area contributed by atoms with Gasteiger partial charge in [-0.3, -0.25) is 9.88 Å². The third-order valence-corrected chi connectivity index (χ3v) is 5.45. The van der Waals surface area contributed by atoms with E-state index >= 15 is 0 Å². The number of rotatable bonds is 7. The van der Waals surface area contributed by atoms with Gasteiger partial charge in [-0.05, 0) is 42.8 Å². The summed E-state index contributed by atoms with van der Waals surface area (Å²) < 4.78 is 17.1. The minimum Gasteiger partial charge on any atom is -0.496 e. The number of pyridine rings is 2. The highest BCUT2D eigenvalue weighted by atomic mass is 16.5. The molecule has 1 aliphatic rings. The van der Waals surface area contributed by atoms with Crippen LogP contribution in [-0.4, -0.2) is 48.8 Å². The molecule has 1 fully saturated rings. The second-order valence-corrected chi connectivity index (χ2v) is 7.50. The highest BCUT2D eigenvalue weighted by Crippen LogP contribution is 2.31. The van der Waals surface area contributed by atoms with E-state index in [1.54, 1.807) is 20.4 Å². The number of aromatic nitrogens is 2. The quantitative estimate of drug-likeness (QED) is 0.617. The lowest BCUT2D eigenvalue weighted by atomic mass is 10.1. The summed E-state index contributed by atoms with van der Waals surface area (Å²) in [6.07, 6.45) is 3.52. The van der Waals surface area contributed by atoms with Gasteiger partial charge in [-0.1, -0.05) is 12.1 Å². The highest BCUT2D eigenvalue weighted by Gasteiger charge is 2.25. The van der Waals surface area contributed by atoms with Gasteiger partial charge in [-0.2, -0.15) is 0 Å². The monoisotopic (exact) mass is 420 g/mol. The van der Waals surface area contributed by atoms with E-state index in [9.17, 15) is 0 Å². The Balaban J connectivity index is 1.44. The van der Waals surface area contributed by atoms with Crippen molar-refractivity contribution in [2.24, 2.45) is 0 Å². The van der Waals surface area contributed by atoms with Gasteiger partial charge in [0.2, 0.25) is 0 Å². The van der Waals surface area contributed by atoms with Crippen molar-refractivity contribution in [2.45, 2.75) is 19.6 Å². The Labute approximate surface area is 183 Å². The first kappa shape index (κ1) is 21.1. The summed E-state index contributed by atoms with van der Waals surface area (Å²) in [5.41, 5.74) is 3.95. The molecule has 3 aromatic rings. The van der Waals surface area contributed by atoms with Gasteiger partial charge in [0.15, 0.2) is 0 Å². The largest absolute Gasteiger partial charge is 0.496 e. The lowest BCUT2D eigenvalue weighted by Crippen LogP contribution is -2.38. The molecule has 0 unspecified atom stereocenters. The van der Waals surface area contributed by atoms with Crippen LogP contribution in [0.15, 0.2) is 54.9 Å². The van der Waals surface area contributed by atoms with Gasteiger partial charge in [0, 0.05) is 25.8 Å². The van der Waals surface area contributed by atoms with Crippen molar-refractivity contribution in [2.75, 3.05) is 39.2 Å². The van der Waals surface area contributed by atoms with E-state index in [-0.39, 0.29) is 6.10 Å². The summed E-state index contributed by atoms with van der Waals surface area (Å²) in [6.45, 7) is 5.00. The number of nitrogens with one attached hydrogen (secondary N) is 1. The van der Waals surface area contributed by atoms with Gasteiger partial charge in [-0.25, -0.2) is 4.98 Å². The number of methoxy groups -OCH3 is 2. The van der Waals surface area contributed by atoms with Crippen LogP contribution in [0.1, 0.15) is 22.9 Å². The molecule has 3 heterocycles. The fraction of sp³-hybridized carbons (Fsp3) is 0.333. The maximum Gasteiger partial charge on any atom is 0.133 e. The lowest BCUT2D eigenvalue weighted by Gasteiger charge is -2.33. The molecule has 0 spiro atoms. The van der Waals surface area contributed by atoms with Crippen molar-refractivity contribution in [3.8, 4) is 11.5 Å². The van der Waals surface area contributed by atoms with Crippen LogP contribution in [0.25, 0.3) is 0 Å². The van der Waals surface area contributed by atoms with Crippen LogP contribution in [0.5, 0.6) is 11.5 Å². The predicted molar refractivity (Wildman–Crippen MR) is 120 cm³/mol. The molecule has 1 saturated heterocycles. The lowest BCUT2D eigenvalue weighted by molar-refractivity contribution is -0.0353. The molecule has 7 nitrogen and oxygen atoms in total. The van der Waals surface area contributed by atoms with Gasteiger partial charge < -0.3 is 19.5 Å². The first-order valence-corrected chi connectivity index (χ1v) is 10.4. The van der Waals surface area contributed by atoms with Gasteiger partial charge in [0.25, 0.3) is 0 Å². The number of hydrogen-bond donors (Lipinski definition) is 1. The zero-order valence-corrected chi connectivity index (χ0v) is 18.2. The summed E-state index contributed by atoms with van der Waals surface area (Å²) in [5, 5.41) is 3.32. The number of benzene rings is 1. The molecule has 31 heavy (non-hydrogen) atoms. The molecule has 162 valence electrons. The number of nitrogens with zero attached hydrogens (tertiary/aromatic N) is 3. The average molecular weight is 421 g/mol. The summed E-state index contributed by atoms with van der Waals surface area (Å²) in [6, 6.07) is 13.8. The fourth-order valence-electron chi connectivity index (χ4n) is 3.76. The second-order valence-electron chi connectivity index (χ2n) is 7.50. The molecule has 0 saturated carbocycles. The number of aryl methyl sites for hydroxylation is 1. The van der Waals surface area contributed by atoms with E-state index < -0.39 is 0 Å². The summed E-state index contributed by atoms with van der Waals surface area (Å²) in [7, 11) is 3.37. The standard InChI is InChI=1S/C24H28N4O3/c1-17-6-5-11-25-24(17)27-18-9-10-20(26-14-18)23-16-28(12-13-31-23)15-19-21(29-2)7-4-8-22(19)30-3/h4-11,14,23H,12-13,15-16H2,1-3H3,(H,25,27)/t23-/m0/s1. The number of morpholine rings is 1. The normalized spacial score (nSPS) is 16.7. The van der Waals surface area contributed by atoms with Crippen molar-refractivity contribution < 1.29 is 14.2 Å². The molecule has 4 rings (SSSR count). The number of ether oxygens (including phenoxy) is 3. The molecule has 7 heteroatoms.